The van der Waals surface area contributed by atoms with Crippen LogP contribution in [0.4, 0.5) is 0 Å². The first-order valence-electron chi connectivity index (χ1n) is 17.0. The van der Waals surface area contributed by atoms with E-state index in [1.165, 1.54) is 20.2 Å². The number of hydrogen-bond donors (Lipinski definition) is 0. The SMILES string of the molecule is c1ccc(-c2nc(-c3cc(-c4cccc5ncccc45)cc(-c4cccc5ncccc45)c3)cc(-c3ccc4sc5ccccc5c4c3)n2)cc1. The van der Waals surface area contributed by atoms with Gasteiger partial charge in [-0.2, -0.15) is 0 Å². The first-order chi connectivity index (χ1) is 25.2. The lowest BCUT2D eigenvalue weighted by Crippen LogP contribution is -1.97. The largest absolute Gasteiger partial charge is 0.256 e. The number of hydrogen-bond acceptors (Lipinski definition) is 5. The fourth-order valence-electron chi connectivity index (χ4n) is 7.14. The van der Waals surface area contributed by atoms with E-state index in [2.05, 4.69) is 137 Å². The summed E-state index contributed by atoms with van der Waals surface area (Å²) in [5.74, 6) is 0.689. The fraction of sp³-hybridized carbons (Fsp3) is 0. The number of fused-ring (bicyclic) bond motifs is 5. The number of thiophene rings is 1. The van der Waals surface area contributed by atoms with Crippen molar-refractivity contribution in [2.45, 2.75) is 0 Å². The Hall–Kier alpha value is -6.56. The molecule has 0 aliphatic carbocycles. The molecule has 4 nitrogen and oxygen atoms in total. The Balaban J connectivity index is 1.23. The maximum atomic E-state index is 5.26. The van der Waals surface area contributed by atoms with E-state index in [0.29, 0.717) is 5.82 Å². The van der Waals surface area contributed by atoms with Crippen LogP contribution in [0.15, 0.2) is 170 Å². The molecule has 0 bridgehead atoms. The van der Waals surface area contributed by atoms with Gasteiger partial charge in [0.2, 0.25) is 0 Å². The van der Waals surface area contributed by atoms with E-state index in [0.717, 1.165) is 72.1 Å². The monoisotopic (exact) mass is 668 g/mol. The van der Waals surface area contributed by atoms with Gasteiger partial charge in [0.1, 0.15) is 0 Å². The van der Waals surface area contributed by atoms with Crippen molar-refractivity contribution >= 4 is 53.3 Å². The summed E-state index contributed by atoms with van der Waals surface area (Å²) in [5, 5.41) is 4.72. The highest BCUT2D eigenvalue weighted by Crippen LogP contribution is 2.40. The van der Waals surface area contributed by atoms with Gasteiger partial charge in [-0.1, -0.05) is 91.0 Å². The molecule has 0 fully saturated rings. The maximum Gasteiger partial charge on any atom is 0.160 e. The molecule has 0 saturated carbocycles. The minimum absolute atomic E-state index is 0.689. The molecule has 0 aliphatic rings. The Labute approximate surface area is 298 Å². The lowest BCUT2D eigenvalue weighted by atomic mass is 9.91. The summed E-state index contributed by atoms with van der Waals surface area (Å²) in [6, 6.07) is 55.4. The Morgan fingerprint density at radius 1 is 0.353 bits per heavy atom. The fourth-order valence-corrected chi connectivity index (χ4v) is 8.23. The zero-order valence-electron chi connectivity index (χ0n) is 27.4. The highest BCUT2D eigenvalue weighted by atomic mass is 32.1. The third kappa shape index (κ3) is 5.23. The average molecular weight is 669 g/mol. The van der Waals surface area contributed by atoms with Gasteiger partial charge < -0.3 is 0 Å². The van der Waals surface area contributed by atoms with Gasteiger partial charge in [-0.15, -0.1) is 11.3 Å². The van der Waals surface area contributed by atoms with E-state index in [1.54, 1.807) is 0 Å². The second kappa shape index (κ2) is 12.1. The molecule has 0 unspecified atom stereocenters. The Morgan fingerprint density at radius 2 is 0.941 bits per heavy atom. The van der Waals surface area contributed by atoms with Crippen molar-refractivity contribution in [3.8, 4) is 56.2 Å². The maximum absolute atomic E-state index is 5.26. The van der Waals surface area contributed by atoms with Crippen LogP contribution in [0.5, 0.6) is 0 Å². The third-order valence-electron chi connectivity index (χ3n) is 9.57. The van der Waals surface area contributed by atoms with Crippen LogP contribution in [0.2, 0.25) is 0 Å². The second-order valence-corrected chi connectivity index (χ2v) is 13.8. The van der Waals surface area contributed by atoms with E-state index in [4.69, 9.17) is 9.97 Å². The Bertz CT molecular complexity index is 2820. The minimum atomic E-state index is 0.689. The van der Waals surface area contributed by atoms with Crippen LogP contribution >= 0.6 is 11.3 Å². The van der Waals surface area contributed by atoms with E-state index >= 15 is 0 Å². The van der Waals surface area contributed by atoms with Crippen molar-refractivity contribution in [3.05, 3.63) is 170 Å². The van der Waals surface area contributed by atoms with E-state index in [9.17, 15) is 0 Å². The summed E-state index contributed by atoms with van der Waals surface area (Å²) in [6.07, 6.45) is 3.70. The summed E-state index contributed by atoms with van der Waals surface area (Å²) in [7, 11) is 0. The number of pyridine rings is 2. The van der Waals surface area contributed by atoms with Crippen LogP contribution in [0.25, 0.3) is 98.1 Å². The molecule has 4 aromatic heterocycles. The van der Waals surface area contributed by atoms with E-state index in [1.807, 2.05) is 54.1 Å². The smallest absolute Gasteiger partial charge is 0.160 e. The normalized spacial score (nSPS) is 11.5. The first kappa shape index (κ1) is 29.4. The molecular formula is C46H28N4S. The molecule has 10 rings (SSSR count). The quantitative estimate of drug-likeness (QED) is 0.183. The van der Waals surface area contributed by atoms with Gasteiger partial charge in [-0.3, -0.25) is 9.97 Å². The van der Waals surface area contributed by atoms with Crippen LogP contribution in [0, 0.1) is 0 Å². The molecule has 4 heterocycles. The van der Waals surface area contributed by atoms with Crippen LogP contribution < -0.4 is 0 Å². The summed E-state index contributed by atoms with van der Waals surface area (Å²) in [6.45, 7) is 0. The molecule has 0 atom stereocenters. The summed E-state index contributed by atoms with van der Waals surface area (Å²) in [5.41, 5.74) is 11.1. The standard InChI is InChI=1S/C46H28N4S/c1-2-10-29(11-3-1)46-49-42(30-20-21-45-39(27-30)38-12-4-5-19-44(38)51-45)28-43(50-46)33-25-31(34-13-6-17-40-36(34)15-8-22-47-40)24-32(26-33)35-14-7-18-41-37(35)16-9-23-48-41/h1-28H. The van der Waals surface area contributed by atoms with Crippen molar-refractivity contribution < 1.29 is 0 Å². The predicted molar refractivity (Wildman–Crippen MR) is 213 cm³/mol. The van der Waals surface area contributed by atoms with Crippen LogP contribution in [0.3, 0.4) is 0 Å². The Kier molecular flexibility index (Phi) is 6.96. The molecule has 5 heteroatoms. The molecule has 51 heavy (non-hydrogen) atoms. The summed E-state index contributed by atoms with van der Waals surface area (Å²) in [4.78, 5) is 19.8. The van der Waals surface area contributed by atoms with Crippen LogP contribution in [-0.2, 0) is 0 Å². The molecule has 0 saturated heterocycles. The van der Waals surface area contributed by atoms with Crippen molar-refractivity contribution in [2.24, 2.45) is 0 Å². The minimum Gasteiger partial charge on any atom is -0.256 e. The third-order valence-corrected chi connectivity index (χ3v) is 10.7. The van der Waals surface area contributed by atoms with Crippen molar-refractivity contribution in [1.29, 1.82) is 0 Å². The number of benzene rings is 6. The zero-order chi connectivity index (χ0) is 33.7. The van der Waals surface area contributed by atoms with Gasteiger partial charge in [-0.05, 0) is 89.0 Å². The van der Waals surface area contributed by atoms with Gasteiger partial charge in [0.15, 0.2) is 5.82 Å². The van der Waals surface area contributed by atoms with E-state index < -0.39 is 0 Å². The number of nitrogens with zero attached hydrogens (tertiary/aromatic N) is 4. The molecule has 0 aliphatic heterocycles. The highest BCUT2D eigenvalue weighted by molar-refractivity contribution is 7.25. The zero-order valence-corrected chi connectivity index (χ0v) is 28.2. The predicted octanol–water partition coefficient (Wildman–Crippen LogP) is 12.3. The lowest BCUT2D eigenvalue weighted by molar-refractivity contribution is 1.18. The molecular weight excluding hydrogens is 641 g/mol. The summed E-state index contributed by atoms with van der Waals surface area (Å²) < 4.78 is 2.55. The molecule has 0 radical (unpaired) electrons. The van der Waals surface area contributed by atoms with Gasteiger partial charge in [0.25, 0.3) is 0 Å². The van der Waals surface area contributed by atoms with Crippen LogP contribution in [-0.4, -0.2) is 19.9 Å². The lowest BCUT2D eigenvalue weighted by Gasteiger charge is -2.15. The second-order valence-electron chi connectivity index (χ2n) is 12.7. The number of rotatable bonds is 5. The van der Waals surface area contributed by atoms with E-state index in [-0.39, 0.29) is 0 Å². The van der Waals surface area contributed by atoms with Crippen LogP contribution in [0.1, 0.15) is 0 Å². The van der Waals surface area contributed by atoms with Crippen molar-refractivity contribution in [1.82, 2.24) is 19.9 Å². The van der Waals surface area contributed by atoms with Gasteiger partial charge in [0, 0.05) is 60.0 Å². The number of aromatic nitrogens is 4. The molecule has 0 N–H and O–H groups in total. The molecule has 0 spiro atoms. The molecule has 6 aromatic carbocycles. The molecule has 238 valence electrons. The summed E-state index contributed by atoms with van der Waals surface area (Å²) >= 11 is 1.82. The Morgan fingerprint density at radius 3 is 1.65 bits per heavy atom. The molecule has 10 aromatic rings. The van der Waals surface area contributed by atoms with Gasteiger partial charge >= 0.3 is 0 Å². The highest BCUT2D eigenvalue weighted by Gasteiger charge is 2.16. The van der Waals surface area contributed by atoms with Crippen molar-refractivity contribution in [3.63, 3.8) is 0 Å². The first-order valence-corrected chi connectivity index (χ1v) is 17.8. The van der Waals surface area contributed by atoms with Gasteiger partial charge in [-0.25, -0.2) is 9.97 Å². The molecule has 0 amide bonds. The van der Waals surface area contributed by atoms with Crippen molar-refractivity contribution in [2.75, 3.05) is 0 Å². The topological polar surface area (TPSA) is 51.6 Å². The van der Waals surface area contributed by atoms with Gasteiger partial charge in [0.05, 0.1) is 22.4 Å². The average Bonchev–Trinajstić information content (AvgIpc) is 3.58.